The Morgan fingerprint density at radius 2 is 2.00 bits per heavy atom. The molecule has 1 aliphatic carbocycles. The third kappa shape index (κ3) is 3.37. The molecule has 3 heteroatoms. The van der Waals surface area contributed by atoms with Crippen LogP contribution in [0.1, 0.15) is 52.4 Å². The van der Waals surface area contributed by atoms with Gasteiger partial charge in [-0.2, -0.15) is 0 Å². The molecule has 18 heavy (non-hydrogen) atoms. The minimum absolute atomic E-state index is 0.590. The fourth-order valence-electron chi connectivity index (χ4n) is 2.66. The highest BCUT2D eigenvalue weighted by Crippen LogP contribution is 2.23. The van der Waals surface area contributed by atoms with Gasteiger partial charge in [-0.05, 0) is 45.1 Å². The van der Waals surface area contributed by atoms with Crippen molar-refractivity contribution in [2.75, 3.05) is 6.54 Å². The summed E-state index contributed by atoms with van der Waals surface area (Å²) >= 11 is 0. The van der Waals surface area contributed by atoms with Crippen molar-refractivity contribution in [1.29, 1.82) is 0 Å². The molecule has 0 aromatic carbocycles. The lowest BCUT2D eigenvalue weighted by molar-refractivity contribution is 0.563. The van der Waals surface area contributed by atoms with Gasteiger partial charge in [0, 0.05) is 18.3 Å². The molecule has 2 rings (SSSR count). The Kier molecular flexibility index (Phi) is 4.45. The Morgan fingerprint density at radius 1 is 1.28 bits per heavy atom. The molecule has 0 aromatic rings. The second kappa shape index (κ2) is 6.07. The number of hydrogen-bond acceptors (Lipinski definition) is 3. The molecule has 3 nitrogen and oxygen atoms in total. The average Bonchev–Trinajstić information content (AvgIpc) is 2.81. The van der Waals surface area contributed by atoms with Crippen LogP contribution in [-0.4, -0.2) is 18.3 Å². The van der Waals surface area contributed by atoms with Crippen LogP contribution < -0.4 is 10.6 Å². The van der Waals surface area contributed by atoms with E-state index in [1.807, 2.05) is 13.8 Å². The Bertz CT molecular complexity index is 369. The molecule has 1 heterocycles. The highest BCUT2D eigenvalue weighted by molar-refractivity contribution is 5.80. The van der Waals surface area contributed by atoms with Gasteiger partial charge in [-0.1, -0.05) is 19.4 Å². The minimum Gasteiger partial charge on any atom is -0.382 e. The summed E-state index contributed by atoms with van der Waals surface area (Å²) in [6, 6.07) is 0.590. The number of nitrogens with zero attached hydrogens (tertiary/aromatic N) is 1. The first kappa shape index (κ1) is 13.2. The van der Waals surface area contributed by atoms with Gasteiger partial charge >= 0.3 is 0 Å². The van der Waals surface area contributed by atoms with Crippen LogP contribution in [0.25, 0.3) is 0 Å². The van der Waals surface area contributed by atoms with Gasteiger partial charge in [-0.3, -0.25) is 0 Å². The van der Waals surface area contributed by atoms with Gasteiger partial charge < -0.3 is 10.6 Å². The van der Waals surface area contributed by atoms with Crippen LogP contribution in [0.3, 0.4) is 0 Å². The molecule has 2 fully saturated rings. The van der Waals surface area contributed by atoms with Gasteiger partial charge in [0.2, 0.25) is 0 Å². The zero-order valence-corrected chi connectivity index (χ0v) is 11.7. The molecule has 0 atom stereocenters. The fraction of sp³-hybridized carbons (Fsp3) is 0.667. The minimum atomic E-state index is 0.590. The van der Waals surface area contributed by atoms with Crippen molar-refractivity contribution >= 4 is 5.71 Å². The maximum absolute atomic E-state index is 4.68. The number of aliphatic imine (C=N–C) groups is 1. The maximum atomic E-state index is 4.68. The zero-order chi connectivity index (χ0) is 13.0. The van der Waals surface area contributed by atoms with Crippen molar-refractivity contribution in [2.45, 2.75) is 58.4 Å². The largest absolute Gasteiger partial charge is 0.382 e. The maximum Gasteiger partial charge on any atom is 0.149 e. The van der Waals surface area contributed by atoms with E-state index in [-0.39, 0.29) is 0 Å². The quantitative estimate of drug-likeness (QED) is 0.752. The highest BCUT2D eigenvalue weighted by atomic mass is 15.1. The van der Waals surface area contributed by atoms with Crippen LogP contribution in [0.2, 0.25) is 0 Å². The summed E-state index contributed by atoms with van der Waals surface area (Å²) in [5.41, 5.74) is 3.41. The Morgan fingerprint density at radius 3 is 2.61 bits per heavy atom. The lowest BCUT2D eigenvalue weighted by Gasteiger charge is -2.24. The van der Waals surface area contributed by atoms with Crippen molar-refractivity contribution < 1.29 is 0 Å². The van der Waals surface area contributed by atoms with E-state index in [1.54, 1.807) is 0 Å². The normalized spacial score (nSPS) is 23.6. The first-order chi connectivity index (χ1) is 8.66. The van der Waals surface area contributed by atoms with E-state index in [1.165, 1.54) is 37.7 Å². The second-order valence-corrected chi connectivity index (χ2v) is 5.54. The number of rotatable bonds is 3. The van der Waals surface area contributed by atoms with Crippen molar-refractivity contribution in [3.05, 3.63) is 23.7 Å². The number of hydrogen-bond donors (Lipinski definition) is 2. The second-order valence-electron chi connectivity index (χ2n) is 5.54. The molecular weight excluding hydrogens is 222 g/mol. The molecule has 0 amide bonds. The van der Waals surface area contributed by atoms with Crippen molar-refractivity contribution in [3.63, 3.8) is 0 Å². The molecule has 1 aliphatic heterocycles. The van der Waals surface area contributed by atoms with E-state index < -0.39 is 0 Å². The molecule has 1 saturated heterocycles. The predicted molar refractivity (Wildman–Crippen MR) is 77.6 cm³/mol. The fourth-order valence-corrected chi connectivity index (χ4v) is 2.66. The summed E-state index contributed by atoms with van der Waals surface area (Å²) in [6.45, 7) is 9.29. The van der Waals surface area contributed by atoms with E-state index in [0.717, 1.165) is 30.2 Å². The van der Waals surface area contributed by atoms with Crippen molar-refractivity contribution in [1.82, 2.24) is 10.6 Å². The molecule has 2 N–H and O–H groups in total. The first-order valence-corrected chi connectivity index (χ1v) is 7.11. The lowest BCUT2D eigenvalue weighted by Crippen LogP contribution is -2.31. The first-order valence-electron chi connectivity index (χ1n) is 7.11. The Labute approximate surface area is 110 Å². The molecule has 2 aliphatic rings. The molecule has 0 spiro atoms. The Hall–Kier alpha value is -1.25. The van der Waals surface area contributed by atoms with Crippen molar-refractivity contribution in [2.24, 2.45) is 4.99 Å². The molecular formula is C15H25N3. The predicted octanol–water partition coefficient (Wildman–Crippen LogP) is 3.11. The molecule has 0 bridgehead atoms. The molecule has 0 aromatic heterocycles. The average molecular weight is 247 g/mol. The van der Waals surface area contributed by atoms with Crippen LogP contribution in [0.5, 0.6) is 0 Å². The zero-order valence-electron chi connectivity index (χ0n) is 11.7. The summed E-state index contributed by atoms with van der Waals surface area (Å²) in [7, 11) is 0. The number of nitrogens with one attached hydrogen (secondary N) is 2. The molecule has 0 unspecified atom stereocenters. The van der Waals surface area contributed by atoms with Gasteiger partial charge in [-0.15, -0.1) is 0 Å². The van der Waals surface area contributed by atoms with Crippen LogP contribution in [0, 0.1) is 0 Å². The van der Waals surface area contributed by atoms with Crippen LogP contribution in [0.15, 0.2) is 28.7 Å². The third-order valence-corrected chi connectivity index (χ3v) is 3.58. The number of piperidine rings is 1. The summed E-state index contributed by atoms with van der Waals surface area (Å²) in [5, 5.41) is 7.07. The summed E-state index contributed by atoms with van der Waals surface area (Å²) in [4.78, 5) is 4.68. The van der Waals surface area contributed by atoms with Crippen LogP contribution in [-0.2, 0) is 0 Å². The SMILES string of the molecule is C=C1CCCN/C1=C(/N=C(C)C)NC1CCCC1. The monoisotopic (exact) mass is 247 g/mol. The molecule has 100 valence electrons. The van der Waals surface area contributed by atoms with Gasteiger partial charge in [-0.25, -0.2) is 4.99 Å². The third-order valence-electron chi connectivity index (χ3n) is 3.58. The summed E-state index contributed by atoms with van der Waals surface area (Å²) < 4.78 is 0. The van der Waals surface area contributed by atoms with E-state index in [2.05, 4.69) is 22.2 Å². The lowest BCUT2D eigenvalue weighted by atomic mass is 10.0. The highest BCUT2D eigenvalue weighted by Gasteiger charge is 2.19. The van der Waals surface area contributed by atoms with Gasteiger partial charge in [0.05, 0.1) is 5.70 Å². The molecule has 0 radical (unpaired) electrons. The van der Waals surface area contributed by atoms with Gasteiger partial charge in [0.15, 0.2) is 0 Å². The van der Waals surface area contributed by atoms with E-state index in [0.29, 0.717) is 6.04 Å². The summed E-state index contributed by atoms with van der Waals surface area (Å²) in [5.74, 6) is 1.01. The van der Waals surface area contributed by atoms with Crippen molar-refractivity contribution in [3.8, 4) is 0 Å². The van der Waals surface area contributed by atoms with Gasteiger partial charge in [0.25, 0.3) is 0 Å². The number of allylic oxidation sites excluding steroid dienone is 1. The van der Waals surface area contributed by atoms with E-state index >= 15 is 0 Å². The van der Waals surface area contributed by atoms with Crippen LogP contribution >= 0.6 is 0 Å². The topological polar surface area (TPSA) is 36.4 Å². The Balaban J connectivity index is 2.19. The smallest absolute Gasteiger partial charge is 0.149 e. The standard InChI is InChI=1S/C15H25N3/c1-11(2)17-15(18-13-8-4-5-9-13)14-12(3)7-6-10-16-14/h13,16,18H,3-10H2,1-2H3/b15-14-. The van der Waals surface area contributed by atoms with Gasteiger partial charge in [0.1, 0.15) is 5.82 Å². The van der Waals surface area contributed by atoms with Crippen LogP contribution in [0.4, 0.5) is 0 Å². The van der Waals surface area contributed by atoms with E-state index in [4.69, 9.17) is 0 Å². The molecule has 1 saturated carbocycles. The van der Waals surface area contributed by atoms with E-state index in [9.17, 15) is 0 Å². The summed E-state index contributed by atoms with van der Waals surface area (Å²) in [6.07, 6.45) is 7.46.